The predicted octanol–water partition coefficient (Wildman–Crippen LogP) is 1.96. The second kappa shape index (κ2) is 5.72. The van der Waals surface area contributed by atoms with Crippen LogP contribution in [0.2, 0.25) is 0 Å². The minimum Gasteiger partial charge on any atom is -0.348 e. The molecule has 1 amide bonds. The number of fused-ring (bicyclic) bond motifs is 1. The SMILES string of the molecule is Cl.O=C(NC1CCc2ccccc21)[C@@H]1CCCN1. The molecule has 2 atom stereocenters. The Labute approximate surface area is 114 Å². The van der Waals surface area contributed by atoms with E-state index in [1.54, 1.807) is 0 Å². The van der Waals surface area contributed by atoms with Crippen molar-refractivity contribution in [3.05, 3.63) is 35.4 Å². The number of benzene rings is 1. The molecule has 1 fully saturated rings. The largest absolute Gasteiger partial charge is 0.348 e. The zero-order valence-corrected chi connectivity index (χ0v) is 11.1. The highest BCUT2D eigenvalue weighted by molar-refractivity contribution is 5.85. The molecule has 1 aromatic rings. The second-order valence-corrected chi connectivity index (χ2v) is 4.95. The molecule has 0 radical (unpaired) electrons. The van der Waals surface area contributed by atoms with E-state index in [2.05, 4.69) is 34.9 Å². The number of aryl methyl sites for hydroxylation is 1. The maximum absolute atomic E-state index is 12.0. The summed E-state index contributed by atoms with van der Waals surface area (Å²) in [4.78, 5) is 12.0. The van der Waals surface area contributed by atoms with Gasteiger partial charge in [0.1, 0.15) is 0 Å². The van der Waals surface area contributed by atoms with Gasteiger partial charge >= 0.3 is 0 Å². The molecule has 0 bridgehead atoms. The van der Waals surface area contributed by atoms with Gasteiger partial charge in [-0.2, -0.15) is 0 Å². The Hall–Kier alpha value is -1.06. The van der Waals surface area contributed by atoms with Crippen molar-refractivity contribution in [3.63, 3.8) is 0 Å². The molecule has 2 aliphatic rings. The molecule has 1 heterocycles. The number of hydrogen-bond donors (Lipinski definition) is 2. The van der Waals surface area contributed by atoms with Gasteiger partial charge in [-0.05, 0) is 43.4 Å². The van der Waals surface area contributed by atoms with Gasteiger partial charge in [0.15, 0.2) is 0 Å². The Morgan fingerprint density at radius 1 is 1.28 bits per heavy atom. The van der Waals surface area contributed by atoms with Gasteiger partial charge in [0.2, 0.25) is 5.91 Å². The molecule has 1 aliphatic carbocycles. The first-order chi connectivity index (χ1) is 8.34. The first-order valence-electron chi connectivity index (χ1n) is 6.46. The van der Waals surface area contributed by atoms with Gasteiger partial charge in [-0.1, -0.05) is 24.3 Å². The number of hydrogen-bond acceptors (Lipinski definition) is 2. The van der Waals surface area contributed by atoms with Gasteiger partial charge in [-0.15, -0.1) is 12.4 Å². The normalized spacial score (nSPS) is 25.3. The standard InChI is InChI=1S/C14H18N2O.ClH/c17-14(13-6-3-9-15-13)16-12-8-7-10-4-1-2-5-11(10)12;/h1-2,4-5,12-13,15H,3,6-9H2,(H,16,17);1H/t12?,13-;/m0./s1. The first-order valence-corrected chi connectivity index (χ1v) is 6.46. The molecule has 98 valence electrons. The monoisotopic (exact) mass is 266 g/mol. The lowest BCUT2D eigenvalue weighted by atomic mass is 10.1. The van der Waals surface area contributed by atoms with E-state index in [0.717, 1.165) is 32.2 Å². The maximum Gasteiger partial charge on any atom is 0.237 e. The Morgan fingerprint density at radius 2 is 2.11 bits per heavy atom. The molecule has 1 aromatic carbocycles. The summed E-state index contributed by atoms with van der Waals surface area (Å²) in [6, 6.07) is 8.67. The fourth-order valence-corrected chi connectivity index (χ4v) is 2.89. The smallest absolute Gasteiger partial charge is 0.237 e. The second-order valence-electron chi connectivity index (χ2n) is 4.95. The molecule has 0 aromatic heterocycles. The summed E-state index contributed by atoms with van der Waals surface area (Å²) in [5.41, 5.74) is 2.69. The van der Waals surface area contributed by atoms with Crippen LogP contribution >= 0.6 is 12.4 Å². The predicted molar refractivity (Wildman–Crippen MR) is 73.9 cm³/mol. The van der Waals surface area contributed by atoms with E-state index >= 15 is 0 Å². The van der Waals surface area contributed by atoms with Crippen LogP contribution in [0.3, 0.4) is 0 Å². The number of rotatable bonds is 2. The summed E-state index contributed by atoms with van der Waals surface area (Å²) >= 11 is 0. The van der Waals surface area contributed by atoms with Crippen LogP contribution in [-0.2, 0) is 11.2 Å². The lowest BCUT2D eigenvalue weighted by Crippen LogP contribution is -2.41. The third-order valence-corrected chi connectivity index (χ3v) is 3.83. The number of carbonyl (C=O) groups excluding carboxylic acids is 1. The van der Waals surface area contributed by atoms with Crippen LogP contribution in [-0.4, -0.2) is 18.5 Å². The summed E-state index contributed by atoms with van der Waals surface area (Å²) in [5, 5.41) is 6.42. The van der Waals surface area contributed by atoms with Gasteiger partial charge in [0.25, 0.3) is 0 Å². The summed E-state index contributed by atoms with van der Waals surface area (Å²) in [5.74, 6) is 0.171. The molecule has 4 heteroatoms. The maximum atomic E-state index is 12.0. The highest BCUT2D eigenvalue weighted by Crippen LogP contribution is 2.30. The van der Waals surface area contributed by atoms with Gasteiger partial charge < -0.3 is 10.6 Å². The highest BCUT2D eigenvalue weighted by Gasteiger charge is 2.27. The topological polar surface area (TPSA) is 41.1 Å². The minimum atomic E-state index is 0. The van der Waals surface area contributed by atoms with Crippen molar-refractivity contribution >= 4 is 18.3 Å². The Kier molecular flexibility index (Phi) is 4.25. The van der Waals surface area contributed by atoms with Crippen molar-refractivity contribution in [2.24, 2.45) is 0 Å². The van der Waals surface area contributed by atoms with Crippen molar-refractivity contribution in [1.82, 2.24) is 10.6 Å². The molecule has 1 saturated heterocycles. The molecule has 2 N–H and O–H groups in total. The van der Waals surface area contributed by atoms with Crippen LogP contribution in [0.25, 0.3) is 0 Å². The van der Waals surface area contributed by atoms with E-state index in [4.69, 9.17) is 0 Å². The summed E-state index contributed by atoms with van der Waals surface area (Å²) in [6.45, 7) is 0.972. The fraction of sp³-hybridized carbons (Fsp3) is 0.500. The zero-order chi connectivity index (χ0) is 11.7. The van der Waals surface area contributed by atoms with Crippen molar-refractivity contribution < 1.29 is 4.79 Å². The average Bonchev–Trinajstić information content (AvgIpc) is 2.98. The molecule has 1 aliphatic heterocycles. The number of halogens is 1. The van der Waals surface area contributed by atoms with Crippen molar-refractivity contribution in [2.45, 2.75) is 37.8 Å². The average molecular weight is 267 g/mol. The van der Waals surface area contributed by atoms with Gasteiger partial charge in [0, 0.05) is 0 Å². The van der Waals surface area contributed by atoms with Crippen LogP contribution in [0.1, 0.15) is 36.4 Å². The molecule has 0 spiro atoms. The van der Waals surface area contributed by atoms with E-state index < -0.39 is 0 Å². The molecular formula is C14H19ClN2O. The van der Waals surface area contributed by atoms with Crippen molar-refractivity contribution in [1.29, 1.82) is 0 Å². The van der Waals surface area contributed by atoms with Gasteiger partial charge in [0.05, 0.1) is 12.1 Å². The summed E-state index contributed by atoms with van der Waals surface area (Å²) in [7, 11) is 0. The van der Waals surface area contributed by atoms with Crippen molar-refractivity contribution in [3.8, 4) is 0 Å². The van der Waals surface area contributed by atoms with Crippen LogP contribution in [0.4, 0.5) is 0 Å². The lowest BCUT2D eigenvalue weighted by molar-refractivity contribution is -0.123. The Morgan fingerprint density at radius 3 is 2.89 bits per heavy atom. The van der Waals surface area contributed by atoms with Crippen LogP contribution < -0.4 is 10.6 Å². The van der Waals surface area contributed by atoms with Crippen LogP contribution in [0, 0.1) is 0 Å². The van der Waals surface area contributed by atoms with Gasteiger partial charge in [-0.3, -0.25) is 4.79 Å². The highest BCUT2D eigenvalue weighted by atomic mass is 35.5. The van der Waals surface area contributed by atoms with E-state index in [0.29, 0.717) is 0 Å². The first kappa shape index (κ1) is 13.4. The zero-order valence-electron chi connectivity index (χ0n) is 10.3. The Bertz CT molecular complexity index is 430. The van der Waals surface area contributed by atoms with Crippen LogP contribution in [0.5, 0.6) is 0 Å². The minimum absolute atomic E-state index is 0. The van der Waals surface area contributed by atoms with E-state index in [1.165, 1.54) is 11.1 Å². The van der Waals surface area contributed by atoms with Crippen LogP contribution in [0.15, 0.2) is 24.3 Å². The van der Waals surface area contributed by atoms with E-state index in [9.17, 15) is 4.79 Å². The van der Waals surface area contributed by atoms with Gasteiger partial charge in [-0.25, -0.2) is 0 Å². The number of amides is 1. The third kappa shape index (κ3) is 2.52. The fourth-order valence-electron chi connectivity index (χ4n) is 2.89. The molecule has 3 rings (SSSR count). The lowest BCUT2D eigenvalue weighted by Gasteiger charge is -2.17. The number of nitrogens with one attached hydrogen (secondary N) is 2. The van der Waals surface area contributed by atoms with E-state index in [1.807, 2.05) is 0 Å². The quantitative estimate of drug-likeness (QED) is 0.859. The molecule has 3 nitrogen and oxygen atoms in total. The summed E-state index contributed by atoms with van der Waals surface area (Å²) in [6.07, 6.45) is 4.20. The molecule has 0 saturated carbocycles. The van der Waals surface area contributed by atoms with Crippen molar-refractivity contribution in [2.75, 3.05) is 6.54 Å². The molecule has 18 heavy (non-hydrogen) atoms. The molecular weight excluding hydrogens is 248 g/mol. The van der Waals surface area contributed by atoms with E-state index in [-0.39, 0.29) is 30.4 Å². The Balaban J connectivity index is 0.00000120. The third-order valence-electron chi connectivity index (χ3n) is 3.83. The number of carbonyl (C=O) groups is 1. The molecule has 1 unspecified atom stereocenters. The summed E-state index contributed by atoms with van der Waals surface area (Å²) < 4.78 is 0.